The lowest BCUT2D eigenvalue weighted by Gasteiger charge is -2.07. The molecule has 276 valence electrons. The maximum Gasteiger partial charge on any atom is 0.0590 e. The van der Waals surface area contributed by atoms with Crippen molar-refractivity contribution < 1.29 is 9.47 Å². The van der Waals surface area contributed by atoms with Gasteiger partial charge in [0.1, 0.15) is 0 Å². The zero-order valence-electron chi connectivity index (χ0n) is 32.0. The van der Waals surface area contributed by atoms with Crippen molar-refractivity contribution in [2.75, 3.05) is 39.5 Å². The number of rotatable bonds is 40. The summed E-state index contributed by atoms with van der Waals surface area (Å²) in [7, 11) is 0. The molecule has 0 aliphatic heterocycles. The molecular weight excluding hydrogens is 574 g/mol. The van der Waals surface area contributed by atoms with E-state index in [1.165, 1.54) is 167 Å². The van der Waals surface area contributed by atoms with Crippen molar-refractivity contribution in [3.05, 3.63) is 48.6 Å². The van der Waals surface area contributed by atoms with Crippen LogP contribution < -0.4 is 5.32 Å². The lowest BCUT2D eigenvalue weighted by atomic mass is 10.1. The van der Waals surface area contributed by atoms with E-state index >= 15 is 0 Å². The van der Waals surface area contributed by atoms with Crippen LogP contribution in [0.1, 0.15) is 194 Å². The summed E-state index contributed by atoms with van der Waals surface area (Å²) in [6, 6.07) is 0. The third-order valence-electron chi connectivity index (χ3n) is 8.82. The van der Waals surface area contributed by atoms with E-state index in [1.807, 2.05) is 0 Å². The highest BCUT2D eigenvalue weighted by Gasteiger charge is 1.96. The summed E-state index contributed by atoms with van der Waals surface area (Å²) in [6.45, 7) is 9.85. The summed E-state index contributed by atoms with van der Waals surface area (Å²) < 4.78 is 11.6. The molecule has 47 heavy (non-hydrogen) atoms. The van der Waals surface area contributed by atoms with Crippen LogP contribution in [0.4, 0.5) is 0 Å². The fraction of sp³-hybridized carbons (Fsp3) is 0.818. The van der Waals surface area contributed by atoms with Crippen molar-refractivity contribution in [2.45, 2.75) is 194 Å². The summed E-state index contributed by atoms with van der Waals surface area (Å²) in [6.07, 6.45) is 55.6. The van der Waals surface area contributed by atoms with Crippen LogP contribution in [0.3, 0.4) is 0 Å². The van der Waals surface area contributed by atoms with Gasteiger partial charge >= 0.3 is 0 Å². The number of hydrogen-bond donors (Lipinski definition) is 1. The molecule has 0 bridgehead atoms. The van der Waals surface area contributed by atoms with Gasteiger partial charge in [0.2, 0.25) is 0 Å². The van der Waals surface area contributed by atoms with Crippen molar-refractivity contribution in [2.24, 2.45) is 0 Å². The Bertz CT molecular complexity index is 612. The molecule has 0 saturated carbocycles. The Morgan fingerprint density at radius 3 is 0.957 bits per heavy atom. The molecule has 0 unspecified atom stereocenters. The monoisotopic (exact) mass is 658 g/mol. The fourth-order valence-electron chi connectivity index (χ4n) is 5.71. The van der Waals surface area contributed by atoms with E-state index in [0.29, 0.717) is 0 Å². The van der Waals surface area contributed by atoms with E-state index in [9.17, 15) is 0 Å². The predicted octanol–water partition coefficient (Wildman–Crippen LogP) is 13.8. The molecule has 0 rings (SSSR count). The first-order valence-electron chi connectivity index (χ1n) is 20.9. The van der Waals surface area contributed by atoms with Gasteiger partial charge in [-0.15, -0.1) is 0 Å². The summed E-state index contributed by atoms with van der Waals surface area (Å²) >= 11 is 0. The maximum atomic E-state index is 5.79. The maximum absolute atomic E-state index is 5.79. The van der Waals surface area contributed by atoms with Crippen LogP contribution in [-0.2, 0) is 9.47 Å². The molecule has 0 saturated heterocycles. The summed E-state index contributed by atoms with van der Waals surface area (Å²) in [5.41, 5.74) is 0. The first-order chi connectivity index (χ1) is 23.4. The number of hydrogen-bond acceptors (Lipinski definition) is 3. The van der Waals surface area contributed by atoms with Crippen LogP contribution in [0.5, 0.6) is 0 Å². The first kappa shape index (κ1) is 45.8. The van der Waals surface area contributed by atoms with Crippen LogP contribution in [0.2, 0.25) is 0 Å². The molecule has 0 aliphatic rings. The Morgan fingerprint density at radius 2 is 0.617 bits per heavy atom. The van der Waals surface area contributed by atoms with Gasteiger partial charge in [-0.05, 0) is 77.0 Å². The van der Waals surface area contributed by atoms with Crippen LogP contribution in [0, 0.1) is 0 Å². The third kappa shape index (κ3) is 44.8. The Morgan fingerprint density at radius 1 is 0.319 bits per heavy atom. The molecule has 3 heteroatoms. The van der Waals surface area contributed by atoms with Crippen molar-refractivity contribution in [1.82, 2.24) is 5.32 Å². The number of ether oxygens (including phenoxy) is 2. The Kier molecular flexibility index (Phi) is 43.7. The molecule has 3 nitrogen and oxygen atoms in total. The minimum atomic E-state index is 0.817. The largest absolute Gasteiger partial charge is 0.380 e. The van der Waals surface area contributed by atoms with Gasteiger partial charge in [-0.2, -0.15) is 0 Å². The lowest BCUT2D eigenvalue weighted by molar-refractivity contribution is 0.117. The van der Waals surface area contributed by atoms with Gasteiger partial charge in [0.25, 0.3) is 0 Å². The Hall–Kier alpha value is -1.16. The number of allylic oxidation sites excluding steroid dienone is 8. The van der Waals surface area contributed by atoms with E-state index in [-0.39, 0.29) is 0 Å². The first-order valence-corrected chi connectivity index (χ1v) is 20.9. The summed E-state index contributed by atoms with van der Waals surface area (Å²) in [4.78, 5) is 0. The van der Waals surface area contributed by atoms with Gasteiger partial charge in [-0.3, -0.25) is 0 Å². The molecule has 0 amide bonds. The van der Waals surface area contributed by atoms with Crippen LogP contribution in [-0.4, -0.2) is 39.5 Å². The van der Waals surface area contributed by atoms with Gasteiger partial charge in [0, 0.05) is 26.3 Å². The predicted molar refractivity (Wildman–Crippen MR) is 212 cm³/mol. The molecule has 0 aromatic carbocycles. The molecule has 0 spiro atoms. The molecule has 0 radical (unpaired) electrons. The third-order valence-corrected chi connectivity index (χ3v) is 8.82. The van der Waals surface area contributed by atoms with E-state index in [0.717, 1.165) is 52.4 Å². The van der Waals surface area contributed by atoms with Crippen molar-refractivity contribution >= 4 is 0 Å². The fourth-order valence-corrected chi connectivity index (χ4v) is 5.71. The van der Waals surface area contributed by atoms with Gasteiger partial charge in [-0.1, -0.05) is 165 Å². The Balaban J connectivity index is 3.13. The zero-order chi connectivity index (χ0) is 33.8. The van der Waals surface area contributed by atoms with E-state index < -0.39 is 0 Å². The molecule has 0 atom stereocenters. The minimum Gasteiger partial charge on any atom is -0.380 e. The van der Waals surface area contributed by atoms with Crippen molar-refractivity contribution in [3.8, 4) is 0 Å². The normalized spacial score (nSPS) is 12.3. The minimum absolute atomic E-state index is 0.817. The lowest BCUT2D eigenvalue weighted by Crippen LogP contribution is -2.24. The quantitative estimate of drug-likeness (QED) is 0.0525. The van der Waals surface area contributed by atoms with E-state index in [1.54, 1.807) is 0 Å². The average Bonchev–Trinajstić information content (AvgIpc) is 3.08. The molecule has 1 N–H and O–H groups in total. The van der Waals surface area contributed by atoms with Crippen molar-refractivity contribution in [3.63, 3.8) is 0 Å². The van der Waals surface area contributed by atoms with Gasteiger partial charge in [0.15, 0.2) is 0 Å². The van der Waals surface area contributed by atoms with Crippen LogP contribution in [0.15, 0.2) is 48.6 Å². The summed E-state index contributed by atoms with van der Waals surface area (Å²) in [5, 5.41) is 3.44. The zero-order valence-corrected chi connectivity index (χ0v) is 32.0. The molecule has 0 heterocycles. The molecule has 0 aromatic heterocycles. The highest BCUT2D eigenvalue weighted by atomic mass is 16.5. The second-order valence-corrected chi connectivity index (χ2v) is 13.6. The molecule has 0 aromatic rings. The van der Waals surface area contributed by atoms with Gasteiger partial charge in [0.05, 0.1) is 13.2 Å². The second-order valence-electron chi connectivity index (χ2n) is 13.6. The van der Waals surface area contributed by atoms with Gasteiger partial charge < -0.3 is 14.8 Å². The number of unbranched alkanes of at least 4 members (excludes halogenated alkanes) is 22. The SMILES string of the molecule is CCCCC/C=C\C/C=C\CCCCCCCCCCOCCNCCOCCCCCCCCCC/C=C\C/C=C\CCCCC. The summed E-state index contributed by atoms with van der Waals surface area (Å²) in [5.74, 6) is 0. The Labute approximate surface area is 295 Å². The van der Waals surface area contributed by atoms with E-state index in [4.69, 9.17) is 9.47 Å². The second kappa shape index (κ2) is 44.8. The molecule has 0 fully saturated rings. The average molecular weight is 658 g/mol. The van der Waals surface area contributed by atoms with Gasteiger partial charge in [-0.25, -0.2) is 0 Å². The van der Waals surface area contributed by atoms with E-state index in [2.05, 4.69) is 67.8 Å². The number of nitrogens with one attached hydrogen (secondary N) is 1. The topological polar surface area (TPSA) is 30.5 Å². The van der Waals surface area contributed by atoms with Crippen LogP contribution >= 0.6 is 0 Å². The highest BCUT2D eigenvalue weighted by Crippen LogP contribution is 2.12. The highest BCUT2D eigenvalue weighted by molar-refractivity contribution is 4.93. The van der Waals surface area contributed by atoms with Crippen molar-refractivity contribution in [1.29, 1.82) is 0 Å². The standard InChI is InChI=1S/C44H83NO2/c1-3-5-7-9-11-13-15-17-19-21-23-25-27-29-31-33-35-37-41-46-43-39-45-40-44-47-42-38-36-34-32-30-28-26-24-22-20-18-16-14-12-10-8-6-4-2/h11-14,17-20,45H,3-10,15-16,21-44H2,1-2H3/b13-11-,14-12-,19-17-,20-18-. The molecular formula is C44H83NO2. The molecule has 0 aliphatic carbocycles. The smallest absolute Gasteiger partial charge is 0.0590 e. The van der Waals surface area contributed by atoms with Crippen LogP contribution in [0.25, 0.3) is 0 Å².